The Morgan fingerprint density at radius 1 is 1.19 bits per heavy atom. The van der Waals surface area contributed by atoms with Crippen LogP contribution in [0.15, 0.2) is 48.1 Å². The first-order chi connectivity index (χ1) is 7.50. The Balaban J connectivity index is 2.49. The largest absolute Gasteiger partial charge is 0.386 e. The second-order valence-electron chi connectivity index (χ2n) is 4.92. The normalized spacial score (nSPS) is 20.0. The van der Waals surface area contributed by atoms with Crippen LogP contribution in [0.3, 0.4) is 0 Å². The third-order valence-corrected chi connectivity index (χ3v) is 3.11. The van der Waals surface area contributed by atoms with Crippen molar-refractivity contribution in [1.82, 2.24) is 0 Å². The predicted octanol–water partition coefficient (Wildman–Crippen LogP) is 3.51. The lowest BCUT2D eigenvalue weighted by Crippen LogP contribution is -2.19. The van der Waals surface area contributed by atoms with Crippen LogP contribution in [-0.4, -0.2) is 5.11 Å². The van der Waals surface area contributed by atoms with E-state index in [1.165, 1.54) is 11.1 Å². The predicted molar refractivity (Wildman–Crippen MR) is 67.3 cm³/mol. The van der Waals surface area contributed by atoms with Gasteiger partial charge in [0.15, 0.2) is 0 Å². The number of rotatable bonds is 2. The first-order valence-electron chi connectivity index (χ1n) is 5.67. The molecule has 1 nitrogen and oxygen atoms in total. The van der Waals surface area contributed by atoms with Crippen molar-refractivity contribution in [3.05, 3.63) is 59.2 Å². The lowest BCUT2D eigenvalue weighted by molar-refractivity contribution is 0.0775. The van der Waals surface area contributed by atoms with E-state index in [0.29, 0.717) is 5.92 Å². The van der Waals surface area contributed by atoms with E-state index in [1.54, 1.807) is 0 Å². The molecule has 0 saturated heterocycles. The van der Waals surface area contributed by atoms with Crippen LogP contribution in [0.1, 0.15) is 37.8 Å². The smallest absolute Gasteiger partial charge is 0.0843 e. The molecule has 0 heterocycles. The van der Waals surface area contributed by atoms with Crippen LogP contribution in [0.2, 0.25) is 0 Å². The quantitative estimate of drug-likeness (QED) is 0.798. The second-order valence-corrected chi connectivity index (χ2v) is 4.92. The van der Waals surface area contributed by atoms with E-state index in [1.807, 2.05) is 32.0 Å². The molecule has 2 rings (SSSR count). The van der Waals surface area contributed by atoms with Gasteiger partial charge in [-0.3, -0.25) is 0 Å². The summed E-state index contributed by atoms with van der Waals surface area (Å²) < 4.78 is 0. The highest BCUT2D eigenvalue weighted by Crippen LogP contribution is 2.35. The van der Waals surface area contributed by atoms with Crippen molar-refractivity contribution >= 4 is 0 Å². The van der Waals surface area contributed by atoms with E-state index in [9.17, 15) is 5.11 Å². The number of hydrogen-bond donors (Lipinski definition) is 1. The molecular formula is C15H18O. The highest BCUT2D eigenvalue weighted by Gasteiger charge is 2.24. The molecule has 0 amide bonds. The summed E-state index contributed by atoms with van der Waals surface area (Å²) in [7, 11) is 0. The molecule has 1 aromatic carbocycles. The fraction of sp³-hybridized carbons (Fsp3) is 0.333. The zero-order valence-corrected chi connectivity index (χ0v) is 10.1. The van der Waals surface area contributed by atoms with Gasteiger partial charge in [-0.05, 0) is 31.9 Å². The third-order valence-electron chi connectivity index (χ3n) is 3.11. The van der Waals surface area contributed by atoms with Crippen LogP contribution in [-0.2, 0) is 5.60 Å². The summed E-state index contributed by atoms with van der Waals surface area (Å²) in [4.78, 5) is 0. The van der Waals surface area contributed by atoms with E-state index < -0.39 is 5.60 Å². The van der Waals surface area contributed by atoms with Crippen molar-refractivity contribution < 1.29 is 5.11 Å². The lowest BCUT2D eigenvalue weighted by atomic mass is 9.85. The van der Waals surface area contributed by atoms with Crippen molar-refractivity contribution in [2.24, 2.45) is 0 Å². The minimum absolute atomic E-state index is 0.322. The zero-order chi connectivity index (χ0) is 11.8. The molecule has 1 aliphatic rings. The van der Waals surface area contributed by atoms with Crippen molar-refractivity contribution in [2.45, 2.75) is 32.3 Å². The summed E-state index contributed by atoms with van der Waals surface area (Å²) in [6.45, 7) is 5.80. The van der Waals surface area contributed by atoms with Gasteiger partial charge in [0, 0.05) is 5.92 Å². The van der Waals surface area contributed by atoms with Crippen LogP contribution >= 0.6 is 0 Å². The standard InChI is InChI=1S/C15H18O/c1-11-7-6-9-12(11)13-8-4-5-10-14(13)15(2,3)16/h4-10,12,16H,1-3H3. The first kappa shape index (κ1) is 11.2. The molecule has 0 aliphatic heterocycles. The van der Waals surface area contributed by atoms with Crippen molar-refractivity contribution in [1.29, 1.82) is 0 Å². The van der Waals surface area contributed by atoms with E-state index >= 15 is 0 Å². The topological polar surface area (TPSA) is 20.2 Å². The van der Waals surface area contributed by atoms with Gasteiger partial charge in [-0.25, -0.2) is 0 Å². The second kappa shape index (κ2) is 3.91. The summed E-state index contributed by atoms with van der Waals surface area (Å²) in [5.74, 6) is 0.322. The monoisotopic (exact) mass is 214 g/mol. The Labute approximate surface area is 97.1 Å². The highest BCUT2D eigenvalue weighted by molar-refractivity contribution is 5.45. The molecule has 1 unspecified atom stereocenters. The molecule has 1 atom stereocenters. The van der Waals surface area contributed by atoms with Crippen LogP contribution in [0.4, 0.5) is 0 Å². The van der Waals surface area contributed by atoms with Gasteiger partial charge >= 0.3 is 0 Å². The molecule has 0 fully saturated rings. The van der Waals surface area contributed by atoms with Crippen molar-refractivity contribution in [2.75, 3.05) is 0 Å². The van der Waals surface area contributed by atoms with Crippen LogP contribution < -0.4 is 0 Å². The Hall–Kier alpha value is -1.34. The highest BCUT2D eigenvalue weighted by atomic mass is 16.3. The lowest BCUT2D eigenvalue weighted by Gasteiger charge is -2.24. The summed E-state index contributed by atoms with van der Waals surface area (Å²) in [6.07, 6.45) is 6.40. The fourth-order valence-corrected chi connectivity index (χ4v) is 2.25. The van der Waals surface area contributed by atoms with Gasteiger partial charge in [0.1, 0.15) is 0 Å². The molecule has 0 radical (unpaired) electrons. The summed E-state index contributed by atoms with van der Waals surface area (Å²) in [5, 5.41) is 10.2. The van der Waals surface area contributed by atoms with E-state index in [4.69, 9.17) is 0 Å². The molecule has 0 spiro atoms. The summed E-state index contributed by atoms with van der Waals surface area (Å²) in [6, 6.07) is 8.12. The minimum Gasteiger partial charge on any atom is -0.386 e. The Morgan fingerprint density at radius 2 is 1.88 bits per heavy atom. The Kier molecular flexibility index (Phi) is 2.73. The molecule has 84 valence electrons. The molecule has 0 aromatic heterocycles. The molecule has 16 heavy (non-hydrogen) atoms. The van der Waals surface area contributed by atoms with E-state index in [2.05, 4.69) is 31.2 Å². The maximum atomic E-state index is 10.2. The Bertz CT molecular complexity index is 447. The maximum absolute atomic E-state index is 10.2. The molecule has 1 N–H and O–H groups in total. The van der Waals surface area contributed by atoms with Gasteiger partial charge < -0.3 is 5.11 Å². The zero-order valence-electron chi connectivity index (χ0n) is 10.1. The van der Waals surface area contributed by atoms with Crippen LogP contribution in [0.5, 0.6) is 0 Å². The van der Waals surface area contributed by atoms with Gasteiger partial charge in [0.25, 0.3) is 0 Å². The summed E-state index contributed by atoms with van der Waals surface area (Å²) >= 11 is 0. The molecule has 0 saturated carbocycles. The van der Waals surface area contributed by atoms with Crippen LogP contribution in [0, 0.1) is 0 Å². The van der Waals surface area contributed by atoms with Crippen molar-refractivity contribution in [3.63, 3.8) is 0 Å². The maximum Gasteiger partial charge on any atom is 0.0843 e. The number of allylic oxidation sites excluding steroid dienone is 4. The first-order valence-corrected chi connectivity index (χ1v) is 5.67. The Morgan fingerprint density at radius 3 is 2.44 bits per heavy atom. The number of hydrogen-bond acceptors (Lipinski definition) is 1. The third kappa shape index (κ3) is 1.96. The fourth-order valence-electron chi connectivity index (χ4n) is 2.25. The van der Waals surface area contributed by atoms with Gasteiger partial charge in [-0.15, -0.1) is 0 Å². The van der Waals surface area contributed by atoms with Gasteiger partial charge in [-0.2, -0.15) is 0 Å². The van der Waals surface area contributed by atoms with Gasteiger partial charge in [-0.1, -0.05) is 48.1 Å². The molecule has 1 aliphatic carbocycles. The van der Waals surface area contributed by atoms with Crippen LogP contribution in [0.25, 0.3) is 0 Å². The van der Waals surface area contributed by atoms with E-state index in [0.717, 1.165) is 5.56 Å². The molecule has 0 bridgehead atoms. The minimum atomic E-state index is -0.784. The number of aliphatic hydroxyl groups is 1. The average molecular weight is 214 g/mol. The van der Waals surface area contributed by atoms with Gasteiger partial charge in [0.05, 0.1) is 5.60 Å². The SMILES string of the molecule is CC1=CC=CC1c1ccccc1C(C)(C)O. The number of benzene rings is 1. The van der Waals surface area contributed by atoms with Gasteiger partial charge in [0.2, 0.25) is 0 Å². The van der Waals surface area contributed by atoms with Crippen molar-refractivity contribution in [3.8, 4) is 0 Å². The molecule has 1 heteroatoms. The average Bonchev–Trinajstić information content (AvgIpc) is 2.63. The molecule has 1 aromatic rings. The molecular weight excluding hydrogens is 196 g/mol. The van der Waals surface area contributed by atoms with E-state index in [-0.39, 0.29) is 0 Å². The summed E-state index contributed by atoms with van der Waals surface area (Å²) in [5.41, 5.74) is 2.77.